The summed E-state index contributed by atoms with van der Waals surface area (Å²) in [6.45, 7) is 0.490. The van der Waals surface area contributed by atoms with Gasteiger partial charge in [-0.2, -0.15) is 0 Å². The molecule has 0 bridgehead atoms. The lowest BCUT2D eigenvalue weighted by Gasteiger charge is -2.30. The fourth-order valence-electron chi connectivity index (χ4n) is 3.32. The molecule has 0 spiro atoms. The lowest BCUT2D eigenvalue weighted by molar-refractivity contribution is -0.139. The predicted molar refractivity (Wildman–Crippen MR) is 91.5 cm³/mol. The average Bonchev–Trinajstić information content (AvgIpc) is 2.96. The van der Waals surface area contributed by atoms with E-state index in [-0.39, 0.29) is 6.42 Å². The predicted octanol–water partition coefficient (Wildman–Crippen LogP) is 2.73. The number of hydrogen-bond donors (Lipinski definition) is 2. The standard InChI is InChI=1S/C19H21NO5/c1-24-16-8-7-12(9-17(16)25-2)15(10-18(21)22)20-11-13-5-3-4-6-14(13)19(20)23/h3-9,15,19,23H,10-11H2,1-2H3,(H,21,22). The van der Waals surface area contributed by atoms with Crippen molar-refractivity contribution in [1.82, 2.24) is 4.90 Å². The second-order valence-corrected chi connectivity index (χ2v) is 5.97. The van der Waals surface area contributed by atoms with Gasteiger partial charge in [-0.15, -0.1) is 0 Å². The smallest absolute Gasteiger partial charge is 0.305 e. The molecule has 0 amide bonds. The van der Waals surface area contributed by atoms with Crippen LogP contribution in [0.1, 0.15) is 35.4 Å². The molecule has 0 saturated carbocycles. The van der Waals surface area contributed by atoms with Gasteiger partial charge in [0.1, 0.15) is 6.23 Å². The van der Waals surface area contributed by atoms with E-state index in [9.17, 15) is 15.0 Å². The Morgan fingerprint density at radius 3 is 2.56 bits per heavy atom. The minimum atomic E-state index is -0.928. The second-order valence-electron chi connectivity index (χ2n) is 5.97. The zero-order valence-electron chi connectivity index (χ0n) is 14.2. The number of carboxylic acid groups (broad SMARTS) is 1. The van der Waals surface area contributed by atoms with Gasteiger partial charge in [-0.3, -0.25) is 9.69 Å². The number of ether oxygens (including phenoxy) is 2. The van der Waals surface area contributed by atoms with Crippen molar-refractivity contribution >= 4 is 5.97 Å². The number of aliphatic carboxylic acids is 1. The molecule has 0 fully saturated rings. The molecule has 6 heteroatoms. The van der Waals surface area contributed by atoms with Gasteiger partial charge < -0.3 is 19.7 Å². The number of methoxy groups -OCH3 is 2. The number of aliphatic hydroxyl groups excluding tert-OH is 1. The van der Waals surface area contributed by atoms with Gasteiger partial charge in [-0.05, 0) is 28.8 Å². The summed E-state index contributed by atoms with van der Waals surface area (Å²) >= 11 is 0. The number of rotatable bonds is 6. The molecule has 1 aliphatic heterocycles. The first-order valence-corrected chi connectivity index (χ1v) is 8.00. The van der Waals surface area contributed by atoms with Crippen molar-refractivity contribution in [2.45, 2.75) is 25.2 Å². The summed E-state index contributed by atoms with van der Waals surface area (Å²) in [6.07, 6.45) is -0.964. The van der Waals surface area contributed by atoms with Crippen LogP contribution in [0.5, 0.6) is 11.5 Å². The quantitative estimate of drug-likeness (QED) is 0.840. The maximum Gasteiger partial charge on any atom is 0.305 e. The van der Waals surface area contributed by atoms with Crippen LogP contribution in [-0.2, 0) is 11.3 Å². The van der Waals surface area contributed by atoms with E-state index in [0.717, 1.165) is 16.7 Å². The highest BCUT2D eigenvalue weighted by Gasteiger charge is 2.35. The summed E-state index contributed by atoms with van der Waals surface area (Å²) in [5.74, 6) is 0.176. The highest BCUT2D eigenvalue weighted by molar-refractivity contribution is 5.68. The molecule has 2 aromatic carbocycles. The van der Waals surface area contributed by atoms with Crippen molar-refractivity contribution < 1.29 is 24.5 Å². The largest absolute Gasteiger partial charge is 0.493 e. The second kappa shape index (κ2) is 7.13. The Hall–Kier alpha value is -2.57. The summed E-state index contributed by atoms with van der Waals surface area (Å²) in [5.41, 5.74) is 2.58. The minimum Gasteiger partial charge on any atom is -0.493 e. The van der Waals surface area contributed by atoms with Gasteiger partial charge in [-0.1, -0.05) is 30.3 Å². The number of nitrogens with zero attached hydrogens (tertiary/aromatic N) is 1. The molecule has 6 nitrogen and oxygen atoms in total. The summed E-state index contributed by atoms with van der Waals surface area (Å²) < 4.78 is 10.6. The van der Waals surface area contributed by atoms with Crippen molar-refractivity contribution in [2.75, 3.05) is 14.2 Å². The van der Waals surface area contributed by atoms with E-state index < -0.39 is 18.2 Å². The number of fused-ring (bicyclic) bond motifs is 1. The molecule has 1 aliphatic rings. The molecule has 2 N–H and O–H groups in total. The molecule has 0 aliphatic carbocycles. The van der Waals surface area contributed by atoms with E-state index in [4.69, 9.17) is 9.47 Å². The summed E-state index contributed by atoms with van der Waals surface area (Å²) in [6, 6.07) is 12.4. The molecule has 132 valence electrons. The normalized spacial score (nSPS) is 17.8. The lowest BCUT2D eigenvalue weighted by atomic mass is 10.0. The van der Waals surface area contributed by atoms with E-state index >= 15 is 0 Å². The third kappa shape index (κ3) is 3.31. The fourth-order valence-corrected chi connectivity index (χ4v) is 3.32. The van der Waals surface area contributed by atoms with E-state index in [1.165, 1.54) is 7.11 Å². The molecule has 2 unspecified atom stereocenters. The van der Waals surface area contributed by atoms with Gasteiger partial charge in [0, 0.05) is 12.6 Å². The molecular weight excluding hydrogens is 322 g/mol. The number of carboxylic acids is 1. The van der Waals surface area contributed by atoms with Crippen molar-refractivity contribution in [2.24, 2.45) is 0 Å². The molecule has 0 aromatic heterocycles. The molecule has 3 rings (SSSR count). The molecule has 1 heterocycles. The first kappa shape index (κ1) is 17.3. The molecular formula is C19H21NO5. The van der Waals surface area contributed by atoms with Crippen molar-refractivity contribution in [3.05, 3.63) is 59.2 Å². The van der Waals surface area contributed by atoms with Gasteiger partial charge in [0.2, 0.25) is 0 Å². The van der Waals surface area contributed by atoms with Crippen LogP contribution >= 0.6 is 0 Å². The highest BCUT2D eigenvalue weighted by Crippen LogP contribution is 2.41. The van der Waals surface area contributed by atoms with Crippen molar-refractivity contribution in [1.29, 1.82) is 0 Å². The Morgan fingerprint density at radius 2 is 1.92 bits per heavy atom. The summed E-state index contributed by atoms with van der Waals surface area (Å²) in [4.78, 5) is 13.2. The third-order valence-electron chi connectivity index (χ3n) is 4.56. The zero-order valence-corrected chi connectivity index (χ0v) is 14.2. The lowest BCUT2D eigenvalue weighted by Crippen LogP contribution is -2.29. The van der Waals surface area contributed by atoms with Gasteiger partial charge in [-0.25, -0.2) is 0 Å². The molecule has 0 saturated heterocycles. The molecule has 2 atom stereocenters. The van der Waals surface area contributed by atoms with Crippen molar-refractivity contribution in [3.8, 4) is 11.5 Å². The van der Waals surface area contributed by atoms with Crippen LogP contribution in [0.2, 0.25) is 0 Å². The Kier molecular flexibility index (Phi) is 4.92. The van der Waals surface area contributed by atoms with Crippen LogP contribution in [0.25, 0.3) is 0 Å². The van der Waals surface area contributed by atoms with Gasteiger partial charge in [0.15, 0.2) is 11.5 Å². The van der Waals surface area contributed by atoms with Gasteiger partial charge >= 0.3 is 5.97 Å². The first-order chi connectivity index (χ1) is 12.0. The fraction of sp³-hybridized carbons (Fsp3) is 0.316. The van der Waals surface area contributed by atoms with Crippen LogP contribution in [-0.4, -0.2) is 35.3 Å². The van der Waals surface area contributed by atoms with Crippen LogP contribution < -0.4 is 9.47 Å². The highest BCUT2D eigenvalue weighted by atomic mass is 16.5. The number of aliphatic hydroxyl groups is 1. The summed E-state index contributed by atoms with van der Waals surface area (Å²) in [5, 5.41) is 20.1. The van der Waals surface area contributed by atoms with Crippen molar-refractivity contribution in [3.63, 3.8) is 0 Å². The zero-order chi connectivity index (χ0) is 18.0. The average molecular weight is 343 g/mol. The molecule has 0 radical (unpaired) electrons. The Labute approximate surface area is 146 Å². The monoisotopic (exact) mass is 343 g/mol. The van der Waals surface area contributed by atoms with Crippen LogP contribution in [0.15, 0.2) is 42.5 Å². The van der Waals surface area contributed by atoms with E-state index in [1.54, 1.807) is 24.1 Å². The van der Waals surface area contributed by atoms with Crippen LogP contribution in [0, 0.1) is 0 Å². The Balaban J connectivity index is 1.98. The van der Waals surface area contributed by atoms with E-state index in [1.807, 2.05) is 30.3 Å². The first-order valence-electron chi connectivity index (χ1n) is 8.00. The Morgan fingerprint density at radius 1 is 1.20 bits per heavy atom. The number of carbonyl (C=O) groups is 1. The molecule has 2 aromatic rings. The van der Waals surface area contributed by atoms with Crippen LogP contribution in [0.4, 0.5) is 0 Å². The maximum atomic E-state index is 11.4. The maximum absolute atomic E-state index is 11.4. The van der Waals surface area contributed by atoms with E-state index in [0.29, 0.717) is 18.0 Å². The SMILES string of the molecule is COc1ccc(C(CC(=O)O)N2Cc3ccccc3C2O)cc1OC. The van der Waals surface area contributed by atoms with E-state index in [2.05, 4.69) is 0 Å². The van der Waals surface area contributed by atoms with Gasteiger partial charge in [0.25, 0.3) is 0 Å². The van der Waals surface area contributed by atoms with Crippen LogP contribution in [0.3, 0.4) is 0 Å². The third-order valence-corrected chi connectivity index (χ3v) is 4.56. The molecule has 25 heavy (non-hydrogen) atoms. The minimum absolute atomic E-state index is 0.124. The van der Waals surface area contributed by atoms with Gasteiger partial charge in [0.05, 0.1) is 20.6 Å². The summed E-state index contributed by atoms with van der Waals surface area (Å²) in [7, 11) is 3.08. The number of hydrogen-bond acceptors (Lipinski definition) is 5. The topological polar surface area (TPSA) is 79.2 Å². The number of benzene rings is 2. The Bertz CT molecular complexity index is 776.